The minimum Gasteiger partial charge on any atom is -0.371 e. The Morgan fingerprint density at radius 2 is 2.06 bits per heavy atom. The zero-order chi connectivity index (χ0) is 11.7. The molecule has 2 heterocycles. The van der Waals surface area contributed by atoms with E-state index in [9.17, 15) is 0 Å². The second kappa shape index (κ2) is 4.38. The van der Waals surface area contributed by atoms with Crippen molar-refractivity contribution in [3.8, 4) is 6.07 Å². The van der Waals surface area contributed by atoms with Gasteiger partial charge in [-0.05, 0) is 49.6 Å². The van der Waals surface area contributed by atoms with Crippen LogP contribution in [0.2, 0.25) is 0 Å². The Kier molecular flexibility index (Phi) is 2.74. The fourth-order valence-corrected chi connectivity index (χ4v) is 3.03. The predicted molar refractivity (Wildman–Crippen MR) is 67.9 cm³/mol. The topological polar surface area (TPSA) is 39.1 Å². The second-order valence-electron chi connectivity index (χ2n) is 5.00. The zero-order valence-corrected chi connectivity index (χ0v) is 9.89. The van der Waals surface area contributed by atoms with Crippen molar-refractivity contribution in [2.75, 3.05) is 24.5 Å². The van der Waals surface area contributed by atoms with Crippen LogP contribution in [0.15, 0.2) is 24.3 Å². The lowest BCUT2D eigenvalue weighted by atomic mass is 9.93. The highest BCUT2D eigenvalue weighted by atomic mass is 15.2. The molecule has 88 valence electrons. The maximum Gasteiger partial charge on any atom is 0.0991 e. The van der Waals surface area contributed by atoms with E-state index in [1.807, 2.05) is 12.1 Å². The highest BCUT2D eigenvalue weighted by molar-refractivity contribution is 5.50. The molecule has 2 atom stereocenters. The summed E-state index contributed by atoms with van der Waals surface area (Å²) in [5.41, 5.74) is 2.00. The normalized spacial score (nSPS) is 27.6. The number of fused-ring (bicyclic) bond motifs is 1. The highest BCUT2D eigenvalue weighted by Gasteiger charge is 2.32. The Morgan fingerprint density at radius 1 is 1.24 bits per heavy atom. The van der Waals surface area contributed by atoms with Gasteiger partial charge in [0.25, 0.3) is 0 Å². The van der Waals surface area contributed by atoms with Crippen LogP contribution < -0.4 is 10.2 Å². The summed E-state index contributed by atoms with van der Waals surface area (Å²) in [5.74, 6) is 0.805. The molecule has 17 heavy (non-hydrogen) atoms. The van der Waals surface area contributed by atoms with Crippen LogP contribution in [0.4, 0.5) is 5.69 Å². The maximum atomic E-state index is 8.79. The van der Waals surface area contributed by atoms with Crippen molar-refractivity contribution in [3.63, 3.8) is 0 Å². The number of nitrogens with zero attached hydrogens (tertiary/aromatic N) is 2. The number of piperidine rings is 1. The lowest BCUT2D eigenvalue weighted by molar-refractivity contribution is 0.376. The molecule has 0 amide bonds. The van der Waals surface area contributed by atoms with Gasteiger partial charge < -0.3 is 10.2 Å². The number of hydrogen-bond acceptors (Lipinski definition) is 3. The van der Waals surface area contributed by atoms with Crippen molar-refractivity contribution >= 4 is 5.69 Å². The third kappa shape index (κ3) is 2.01. The minimum absolute atomic E-state index is 0.740. The molecule has 2 saturated heterocycles. The molecule has 0 bridgehead atoms. The van der Waals surface area contributed by atoms with Gasteiger partial charge in [-0.15, -0.1) is 0 Å². The van der Waals surface area contributed by atoms with Crippen LogP contribution in [0.25, 0.3) is 0 Å². The van der Waals surface area contributed by atoms with Crippen LogP contribution in [0.3, 0.4) is 0 Å². The van der Waals surface area contributed by atoms with Crippen LogP contribution in [0.5, 0.6) is 0 Å². The van der Waals surface area contributed by atoms with Crippen molar-refractivity contribution in [1.82, 2.24) is 5.32 Å². The van der Waals surface area contributed by atoms with Gasteiger partial charge in [-0.25, -0.2) is 0 Å². The Bertz CT molecular complexity index is 432. The molecule has 0 aliphatic carbocycles. The average molecular weight is 227 g/mol. The van der Waals surface area contributed by atoms with E-state index >= 15 is 0 Å². The molecule has 3 rings (SSSR count). The van der Waals surface area contributed by atoms with E-state index in [0.29, 0.717) is 0 Å². The molecule has 1 N–H and O–H groups in total. The van der Waals surface area contributed by atoms with Crippen LogP contribution in [-0.4, -0.2) is 25.7 Å². The summed E-state index contributed by atoms with van der Waals surface area (Å²) in [4.78, 5) is 2.45. The fraction of sp³-hybridized carbons (Fsp3) is 0.500. The molecule has 0 spiro atoms. The third-order valence-electron chi connectivity index (χ3n) is 4.02. The van der Waals surface area contributed by atoms with Crippen LogP contribution in [-0.2, 0) is 0 Å². The van der Waals surface area contributed by atoms with E-state index < -0.39 is 0 Å². The first kappa shape index (κ1) is 10.6. The van der Waals surface area contributed by atoms with Crippen molar-refractivity contribution < 1.29 is 0 Å². The van der Waals surface area contributed by atoms with Gasteiger partial charge in [-0.1, -0.05) is 0 Å². The van der Waals surface area contributed by atoms with E-state index in [1.165, 1.54) is 25.1 Å². The molecule has 0 saturated carbocycles. The summed E-state index contributed by atoms with van der Waals surface area (Å²) in [7, 11) is 0. The minimum atomic E-state index is 0.740. The fourth-order valence-electron chi connectivity index (χ4n) is 3.03. The lowest BCUT2D eigenvalue weighted by Gasteiger charge is -2.36. The molecular formula is C14H17N3. The van der Waals surface area contributed by atoms with E-state index in [1.54, 1.807) is 0 Å². The van der Waals surface area contributed by atoms with Crippen LogP contribution >= 0.6 is 0 Å². The summed E-state index contributed by atoms with van der Waals surface area (Å²) in [6.45, 7) is 3.46. The Hall–Kier alpha value is -1.53. The second-order valence-corrected chi connectivity index (χ2v) is 5.00. The van der Waals surface area contributed by atoms with Gasteiger partial charge in [0, 0.05) is 24.8 Å². The summed E-state index contributed by atoms with van der Waals surface area (Å²) in [6.07, 6.45) is 2.54. The van der Waals surface area contributed by atoms with E-state index in [2.05, 4.69) is 28.4 Å². The first-order valence-corrected chi connectivity index (χ1v) is 6.35. The largest absolute Gasteiger partial charge is 0.371 e. The highest BCUT2D eigenvalue weighted by Crippen LogP contribution is 2.28. The average Bonchev–Trinajstić information content (AvgIpc) is 2.86. The molecule has 2 fully saturated rings. The van der Waals surface area contributed by atoms with Gasteiger partial charge in [-0.2, -0.15) is 5.26 Å². The van der Waals surface area contributed by atoms with Gasteiger partial charge in [0.15, 0.2) is 0 Å². The number of anilines is 1. The van der Waals surface area contributed by atoms with Gasteiger partial charge >= 0.3 is 0 Å². The van der Waals surface area contributed by atoms with Gasteiger partial charge in [0.05, 0.1) is 11.6 Å². The van der Waals surface area contributed by atoms with E-state index in [0.717, 1.165) is 30.6 Å². The van der Waals surface area contributed by atoms with Crippen molar-refractivity contribution in [1.29, 1.82) is 5.26 Å². The quantitative estimate of drug-likeness (QED) is 0.794. The smallest absolute Gasteiger partial charge is 0.0991 e. The number of benzene rings is 1. The maximum absolute atomic E-state index is 8.79. The van der Waals surface area contributed by atoms with Crippen LogP contribution in [0, 0.1) is 17.2 Å². The first-order valence-electron chi connectivity index (χ1n) is 6.35. The molecule has 1 aromatic rings. The van der Waals surface area contributed by atoms with Crippen molar-refractivity contribution in [2.24, 2.45) is 5.92 Å². The molecule has 3 nitrogen and oxygen atoms in total. The van der Waals surface area contributed by atoms with Gasteiger partial charge in [0.2, 0.25) is 0 Å². The summed E-state index contributed by atoms with van der Waals surface area (Å²) < 4.78 is 0. The Morgan fingerprint density at radius 3 is 2.82 bits per heavy atom. The number of nitriles is 1. The van der Waals surface area contributed by atoms with Gasteiger partial charge in [-0.3, -0.25) is 0 Å². The SMILES string of the molecule is N#Cc1ccc(N2CCC3NCCC3C2)cc1. The van der Waals surface area contributed by atoms with E-state index in [4.69, 9.17) is 5.26 Å². The molecule has 0 aromatic heterocycles. The van der Waals surface area contributed by atoms with Gasteiger partial charge in [0.1, 0.15) is 0 Å². The number of hydrogen-bond donors (Lipinski definition) is 1. The summed E-state index contributed by atoms with van der Waals surface area (Å²) in [6, 6.07) is 10.9. The molecule has 1 aromatic carbocycles. The summed E-state index contributed by atoms with van der Waals surface area (Å²) in [5, 5.41) is 12.4. The zero-order valence-electron chi connectivity index (χ0n) is 9.89. The Balaban J connectivity index is 1.74. The van der Waals surface area contributed by atoms with E-state index in [-0.39, 0.29) is 0 Å². The van der Waals surface area contributed by atoms with Crippen molar-refractivity contribution in [2.45, 2.75) is 18.9 Å². The first-order chi connectivity index (χ1) is 8.36. The summed E-state index contributed by atoms with van der Waals surface area (Å²) >= 11 is 0. The molecule has 2 aliphatic rings. The van der Waals surface area contributed by atoms with Crippen molar-refractivity contribution in [3.05, 3.63) is 29.8 Å². The number of rotatable bonds is 1. The molecular weight excluding hydrogens is 210 g/mol. The Labute approximate surface area is 102 Å². The standard InChI is InChI=1S/C14H17N3/c15-9-11-1-3-13(4-2-11)17-8-6-14-12(10-17)5-7-16-14/h1-4,12,14,16H,5-8,10H2. The number of nitrogens with one attached hydrogen (secondary N) is 1. The molecule has 2 unspecified atom stereocenters. The predicted octanol–water partition coefficient (Wildman–Crippen LogP) is 1.75. The van der Waals surface area contributed by atoms with Crippen LogP contribution in [0.1, 0.15) is 18.4 Å². The molecule has 3 heteroatoms. The third-order valence-corrected chi connectivity index (χ3v) is 4.02. The molecule has 0 radical (unpaired) electrons. The monoisotopic (exact) mass is 227 g/mol. The lowest BCUT2D eigenvalue weighted by Crippen LogP contribution is -2.44. The molecule has 2 aliphatic heterocycles.